The number of furan rings is 1. The Labute approximate surface area is 103 Å². The van der Waals surface area contributed by atoms with E-state index >= 15 is 0 Å². The summed E-state index contributed by atoms with van der Waals surface area (Å²) in [6.07, 6.45) is 6.94. The van der Waals surface area contributed by atoms with Crippen molar-refractivity contribution >= 4 is 23.0 Å². The van der Waals surface area contributed by atoms with Crippen molar-refractivity contribution < 1.29 is 4.42 Å². The van der Waals surface area contributed by atoms with Gasteiger partial charge in [-0.05, 0) is 31.2 Å². The number of allylic oxidation sites excluding steroid dienone is 3. The van der Waals surface area contributed by atoms with Gasteiger partial charge in [-0.15, -0.1) is 11.3 Å². The van der Waals surface area contributed by atoms with Gasteiger partial charge in [0.1, 0.15) is 16.8 Å². The summed E-state index contributed by atoms with van der Waals surface area (Å²) in [4.78, 5) is 4.27. The van der Waals surface area contributed by atoms with Gasteiger partial charge in [-0.3, -0.25) is 0 Å². The van der Waals surface area contributed by atoms with Gasteiger partial charge in [0.2, 0.25) is 0 Å². The number of hydrogen-bond donors (Lipinski definition) is 0. The topological polar surface area (TPSA) is 49.8 Å². The number of rotatable bonds is 3. The first-order valence-electron chi connectivity index (χ1n) is 5.04. The fourth-order valence-corrected chi connectivity index (χ4v) is 2.03. The van der Waals surface area contributed by atoms with E-state index in [1.54, 1.807) is 24.5 Å². The lowest BCUT2D eigenvalue weighted by Crippen LogP contribution is -1.79. The van der Waals surface area contributed by atoms with E-state index in [1.165, 1.54) is 11.3 Å². The summed E-state index contributed by atoms with van der Waals surface area (Å²) in [5, 5.41) is 11.7. The van der Waals surface area contributed by atoms with Crippen molar-refractivity contribution in [3.8, 4) is 6.07 Å². The van der Waals surface area contributed by atoms with E-state index in [0.29, 0.717) is 5.57 Å². The quantitative estimate of drug-likeness (QED) is 0.609. The third kappa shape index (κ3) is 2.92. The Morgan fingerprint density at radius 3 is 3.06 bits per heavy atom. The standard InChI is InChI=1S/C13H10N2OS/c1-10-9-17-13(15-10)11(8-14)4-2-5-12-6-3-7-16-12/h2-7,9H,1H3. The lowest BCUT2D eigenvalue weighted by Gasteiger charge is -1.88. The van der Waals surface area contributed by atoms with Crippen LogP contribution in [0, 0.1) is 18.3 Å². The van der Waals surface area contributed by atoms with Crippen LogP contribution in [0.5, 0.6) is 0 Å². The van der Waals surface area contributed by atoms with Gasteiger partial charge in [-0.25, -0.2) is 4.98 Å². The highest BCUT2D eigenvalue weighted by Crippen LogP contribution is 2.18. The van der Waals surface area contributed by atoms with E-state index in [2.05, 4.69) is 11.1 Å². The molecule has 4 heteroatoms. The molecule has 2 aromatic heterocycles. The molecule has 0 aliphatic carbocycles. The number of nitrogens with zero attached hydrogens (tertiary/aromatic N) is 2. The summed E-state index contributed by atoms with van der Waals surface area (Å²) in [5.74, 6) is 0.758. The van der Waals surface area contributed by atoms with Crippen LogP contribution >= 0.6 is 11.3 Å². The van der Waals surface area contributed by atoms with Gasteiger partial charge in [0, 0.05) is 11.1 Å². The average molecular weight is 242 g/mol. The molecule has 2 aromatic rings. The maximum Gasteiger partial charge on any atom is 0.134 e. The van der Waals surface area contributed by atoms with Crippen LogP contribution < -0.4 is 0 Å². The van der Waals surface area contributed by atoms with Crippen LogP contribution in [0.25, 0.3) is 11.6 Å². The van der Waals surface area contributed by atoms with Crippen molar-refractivity contribution in [1.82, 2.24) is 4.98 Å². The second-order valence-corrected chi connectivity index (χ2v) is 4.22. The molecule has 0 aromatic carbocycles. The number of thiazole rings is 1. The second-order valence-electron chi connectivity index (χ2n) is 3.36. The van der Waals surface area contributed by atoms with Crippen LogP contribution in [-0.2, 0) is 0 Å². The Balaban J connectivity index is 2.17. The fourth-order valence-electron chi connectivity index (χ4n) is 1.26. The monoisotopic (exact) mass is 242 g/mol. The van der Waals surface area contributed by atoms with Crippen LogP contribution in [0.2, 0.25) is 0 Å². The molecule has 0 fully saturated rings. The third-order valence-electron chi connectivity index (χ3n) is 2.04. The molecular formula is C13H10N2OS. The first kappa shape index (κ1) is 11.4. The molecule has 2 heterocycles. The zero-order valence-corrected chi connectivity index (χ0v) is 10.1. The molecule has 2 rings (SSSR count). The van der Waals surface area contributed by atoms with E-state index in [1.807, 2.05) is 24.4 Å². The molecule has 0 amide bonds. The van der Waals surface area contributed by atoms with Crippen molar-refractivity contribution in [3.63, 3.8) is 0 Å². The van der Waals surface area contributed by atoms with Crippen molar-refractivity contribution in [3.05, 3.63) is 52.4 Å². The lowest BCUT2D eigenvalue weighted by atomic mass is 10.2. The molecule has 0 spiro atoms. The van der Waals surface area contributed by atoms with Crippen LogP contribution in [0.4, 0.5) is 0 Å². The molecule has 0 N–H and O–H groups in total. The summed E-state index contributed by atoms with van der Waals surface area (Å²) in [7, 11) is 0. The van der Waals surface area contributed by atoms with Gasteiger partial charge < -0.3 is 4.42 Å². The van der Waals surface area contributed by atoms with E-state index in [0.717, 1.165) is 16.5 Å². The Hall–Kier alpha value is -2.12. The van der Waals surface area contributed by atoms with Crippen LogP contribution in [0.3, 0.4) is 0 Å². The fraction of sp³-hybridized carbons (Fsp3) is 0.0769. The Morgan fingerprint density at radius 2 is 2.47 bits per heavy atom. The molecule has 0 radical (unpaired) electrons. The Kier molecular flexibility index (Phi) is 3.53. The number of aryl methyl sites for hydroxylation is 1. The van der Waals surface area contributed by atoms with Crippen LogP contribution in [0.15, 0.2) is 40.3 Å². The molecule has 0 saturated carbocycles. The minimum Gasteiger partial charge on any atom is -0.465 e. The first-order valence-corrected chi connectivity index (χ1v) is 5.92. The summed E-state index contributed by atoms with van der Waals surface area (Å²) < 4.78 is 5.15. The smallest absolute Gasteiger partial charge is 0.134 e. The molecule has 0 unspecified atom stereocenters. The highest BCUT2D eigenvalue weighted by Gasteiger charge is 2.03. The Bertz CT molecular complexity index is 585. The zero-order valence-electron chi connectivity index (χ0n) is 9.25. The largest absolute Gasteiger partial charge is 0.465 e. The molecular weight excluding hydrogens is 232 g/mol. The minimum atomic E-state index is 0.561. The predicted molar refractivity (Wildman–Crippen MR) is 68.2 cm³/mol. The summed E-state index contributed by atoms with van der Waals surface area (Å²) in [6, 6.07) is 5.81. The molecule has 0 atom stereocenters. The Morgan fingerprint density at radius 1 is 1.59 bits per heavy atom. The number of hydrogen-bond acceptors (Lipinski definition) is 4. The van der Waals surface area contributed by atoms with Gasteiger partial charge in [0.05, 0.1) is 11.8 Å². The van der Waals surface area contributed by atoms with Crippen LogP contribution in [-0.4, -0.2) is 4.98 Å². The first-order chi connectivity index (χ1) is 8.29. The van der Waals surface area contributed by atoms with Crippen molar-refractivity contribution in [2.24, 2.45) is 0 Å². The number of aromatic nitrogens is 1. The van der Waals surface area contributed by atoms with Crippen molar-refractivity contribution in [2.45, 2.75) is 6.92 Å². The molecule has 0 saturated heterocycles. The van der Waals surface area contributed by atoms with Gasteiger partial charge in [0.25, 0.3) is 0 Å². The zero-order chi connectivity index (χ0) is 12.1. The molecule has 0 bridgehead atoms. The molecule has 0 aliphatic rings. The van der Waals surface area contributed by atoms with Gasteiger partial charge in [0.15, 0.2) is 0 Å². The summed E-state index contributed by atoms with van der Waals surface area (Å²) >= 11 is 1.47. The van der Waals surface area contributed by atoms with E-state index < -0.39 is 0 Å². The van der Waals surface area contributed by atoms with E-state index in [4.69, 9.17) is 9.68 Å². The van der Waals surface area contributed by atoms with Gasteiger partial charge in [-0.2, -0.15) is 5.26 Å². The second kappa shape index (κ2) is 5.28. The summed E-state index contributed by atoms with van der Waals surface area (Å²) in [6.45, 7) is 1.91. The predicted octanol–water partition coefficient (Wildman–Crippen LogP) is 3.66. The van der Waals surface area contributed by atoms with E-state index in [-0.39, 0.29) is 0 Å². The van der Waals surface area contributed by atoms with E-state index in [9.17, 15) is 0 Å². The molecule has 84 valence electrons. The third-order valence-corrected chi connectivity index (χ3v) is 3.03. The van der Waals surface area contributed by atoms with Gasteiger partial charge >= 0.3 is 0 Å². The highest BCUT2D eigenvalue weighted by molar-refractivity contribution is 7.10. The maximum atomic E-state index is 9.04. The molecule has 17 heavy (non-hydrogen) atoms. The lowest BCUT2D eigenvalue weighted by molar-refractivity contribution is 0.557. The van der Waals surface area contributed by atoms with Crippen LogP contribution in [0.1, 0.15) is 16.5 Å². The molecule has 3 nitrogen and oxygen atoms in total. The minimum absolute atomic E-state index is 0.561. The normalized spacial score (nSPS) is 11.9. The van der Waals surface area contributed by atoms with Crippen molar-refractivity contribution in [2.75, 3.05) is 0 Å². The van der Waals surface area contributed by atoms with Crippen molar-refractivity contribution in [1.29, 1.82) is 5.26 Å². The SMILES string of the molecule is Cc1csc(C(C#N)=CC=Cc2ccco2)n1. The van der Waals surface area contributed by atoms with Gasteiger partial charge in [-0.1, -0.05) is 6.08 Å². The summed E-state index contributed by atoms with van der Waals surface area (Å²) in [5.41, 5.74) is 1.49. The number of nitriles is 1. The highest BCUT2D eigenvalue weighted by atomic mass is 32.1. The average Bonchev–Trinajstić information content (AvgIpc) is 2.96. The molecule has 0 aliphatic heterocycles. The maximum absolute atomic E-state index is 9.04.